The van der Waals surface area contributed by atoms with Crippen LogP contribution in [0.25, 0.3) is 0 Å². The highest BCUT2D eigenvalue weighted by Crippen LogP contribution is 2.30. The number of esters is 4. The summed E-state index contributed by atoms with van der Waals surface area (Å²) in [4.78, 5) is 87.2. The second-order valence-corrected chi connectivity index (χ2v) is 9.80. The van der Waals surface area contributed by atoms with Crippen LogP contribution in [0.1, 0.15) is 44.9 Å². The van der Waals surface area contributed by atoms with Crippen molar-refractivity contribution in [2.45, 2.75) is 26.1 Å². The molecule has 3 aromatic rings. The molecule has 0 bridgehead atoms. The first kappa shape index (κ1) is 36.3. The van der Waals surface area contributed by atoms with E-state index in [4.69, 9.17) is 40.0 Å². The first-order valence-corrected chi connectivity index (χ1v) is 13.8. The van der Waals surface area contributed by atoms with Crippen molar-refractivity contribution in [2.24, 2.45) is 0 Å². The Hall–Kier alpha value is -6.16. The number of halogens is 1. The fraction of sp³-hybridized carbons (Fsp3) is 0.194. The Morgan fingerprint density at radius 3 is 1.48 bits per heavy atom. The number of carbonyl (C=O) groups is 7. The van der Waals surface area contributed by atoms with Gasteiger partial charge in [0.2, 0.25) is 12.2 Å². The van der Waals surface area contributed by atoms with E-state index in [0.29, 0.717) is 5.02 Å². The minimum absolute atomic E-state index is 0.0422. The summed E-state index contributed by atoms with van der Waals surface area (Å²) in [7, 11) is 2.42. The molecule has 0 aliphatic carbocycles. The van der Waals surface area contributed by atoms with Crippen molar-refractivity contribution in [3.8, 4) is 23.0 Å². The van der Waals surface area contributed by atoms with Crippen LogP contribution < -0.4 is 29.8 Å². The van der Waals surface area contributed by atoms with Gasteiger partial charge in [0, 0.05) is 24.4 Å². The van der Waals surface area contributed by atoms with Crippen LogP contribution in [0, 0.1) is 0 Å². The largest absolute Gasteiger partial charge is 0.493 e. The van der Waals surface area contributed by atoms with Gasteiger partial charge in [-0.15, -0.1) is 0 Å². The second-order valence-electron chi connectivity index (χ2n) is 9.36. The number of benzene rings is 3. The molecule has 3 aromatic carbocycles. The number of hydrazine groups is 1. The van der Waals surface area contributed by atoms with Gasteiger partial charge in [0.05, 0.1) is 25.3 Å². The minimum Gasteiger partial charge on any atom is -0.493 e. The first-order chi connectivity index (χ1) is 22.7. The highest BCUT2D eigenvalue weighted by Gasteiger charge is 2.41. The van der Waals surface area contributed by atoms with E-state index in [1.54, 1.807) is 0 Å². The summed E-state index contributed by atoms with van der Waals surface area (Å²) in [6, 6.07) is 12.2. The maximum Gasteiger partial charge on any atom is 0.349 e. The first-order valence-electron chi connectivity index (χ1n) is 13.5. The third-order valence-electron chi connectivity index (χ3n) is 5.96. The molecule has 0 unspecified atom stereocenters. The zero-order valence-electron chi connectivity index (χ0n) is 25.6. The molecule has 252 valence electrons. The molecule has 0 spiro atoms. The van der Waals surface area contributed by atoms with Crippen LogP contribution in [-0.2, 0) is 28.7 Å². The molecule has 2 atom stereocenters. The SMILES string of the molecule is COc1cc(C(=O)O[C@H](C(=O)O)[C@H](OC(=O)c2ccc(OC(C)=O)c(OC)c2)C(=O)NNC(=O)c2ccc(Cl)cc2)ccc1OC(C)=O. The Morgan fingerprint density at radius 1 is 0.625 bits per heavy atom. The number of amides is 2. The molecule has 0 saturated heterocycles. The topological polar surface area (TPSA) is 219 Å². The maximum absolute atomic E-state index is 13.3. The summed E-state index contributed by atoms with van der Waals surface area (Å²) in [6.07, 6.45) is -4.90. The summed E-state index contributed by atoms with van der Waals surface area (Å²) in [5.74, 6) is -8.52. The molecule has 48 heavy (non-hydrogen) atoms. The lowest BCUT2D eigenvalue weighted by atomic mass is 10.1. The number of carboxylic acids is 1. The Kier molecular flexibility index (Phi) is 12.4. The molecule has 2 amide bonds. The van der Waals surface area contributed by atoms with Crippen LogP contribution in [0.2, 0.25) is 5.02 Å². The van der Waals surface area contributed by atoms with Crippen LogP contribution in [0.15, 0.2) is 60.7 Å². The molecule has 3 rings (SSSR count). The van der Waals surface area contributed by atoms with Gasteiger partial charge in [0.15, 0.2) is 23.0 Å². The summed E-state index contributed by atoms with van der Waals surface area (Å²) < 4.78 is 30.5. The van der Waals surface area contributed by atoms with Gasteiger partial charge < -0.3 is 33.5 Å². The normalized spacial score (nSPS) is 11.5. The molecule has 0 fully saturated rings. The summed E-state index contributed by atoms with van der Waals surface area (Å²) >= 11 is 5.83. The van der Waals surface area contributed by atoms with Crippen molar-refractivity contribution in [2.75, 3.05) is 14.2 Å². The zero-order valence-corrected chi connectivity index (χ0v) is 26.3. The Morgan fingerprint density at radius 2 is 1.06 bits per heavy atom. The van der Waals surface area contributed by atoms with Gasteiger partial charge in [-0.3, -0.25) is 30.0 Å². The summed E-state index contributed by atoms with van der Waals surface area (Å²) in [5, 5.41) is 10.3. The van der Waals surface area contributed by atoms with E-state index in [1.807, 2.05) is 10.9 Å². The molecule has 17 heteroatoms. The number of hydrogen-bond acceptors (Lipinski definition) is 13. The molecular weight excluding hydrogens is 660 g/mol. The number of hydrogen-bond donors (Lipinski definition) is 3. The second kappa shape index (κ2) is 16.4. The number of nitrogens with one attached hydrogen (secondary N) is 2. The molecule has 0 aromatic heterocycles. The van der Waals surface area contributed by atoms with Crippen LogP contribution in [0.5, 0.6) is 23.0 Å². The van der Waals surface area contributed by atoms with Crippen LogP contribution >= 0.6 is 11.6 Å². The van der Waals surface area contributed by atoms with Gasteiger partial charge in [-0.05, 0) is 60.7 Å². The zero-order chi connectivity index (χ0) is 35.5. The number of methoxy groups -OCH3 is 2. The number of rotatable bonds is 12. The van der Waals surface area contributed by atoms with Crippen molar-refractivity contribution < 1.29 is 67.1 Å². The van der Waals surface area contributed by atoms with Gasteiger partial charge in [-0.2, -0.15) is 0 Å². The number of carboxylic acid groups (broad SMARTS) is 1. The molecule has 0 aliphatic rings. The van der Waals surface area contributed by atoms with Gasteiger partial charge in [-0.25, -0.2) is 14.4 Å². The van der Waals surface area contributed by atoms with E-state index in [-0.39, 0.29) is 39.7 Å². The molecule has 0 heterocycles. The molecule has 3 N–H and O–H groups in total. The van der Waals surface area contributed by atoms with E-state index in [9.17, 15) is 38.7 Å². The minimum atomic E-state index is -2.49. The van der Waals surface area contributed by atoms with E-state index in [1.165, 1.54) is 50.6 Å². The van der Waals surface area contributed by atoms with Crippen LogP contribution in [0.4, 0.5) is 0 Å². The smallest absolute Gasteiger partial charge is 0.349 e. The quantitative estimate of drug-likeness (QED) is 0.142. The molecule has 16 nitrogen and oxygen atoms in total. The molecular formula is C31H27ClN2O14. The van der Waals surface area contributed by atoms with E-state index >= 15 is 0 Å². The van der Waals surface area contributed by atoms with Crippen molar-refractivity contribution >= 4 is 53.3 Å². The van der Waals surface area contributed by atoms with E-state index in [2.05, 4.69) is 0 Å². The molecule has 0 saturated carbocycles. The third kappa shape index (κ3) is 9.67. The third-order valence-corrected chi connectivity index (χ3v) is 6.21. The highest BCUT2D eigenvalue weighted by atomic mass is 35.5. The predicted octanol–water partition coefficient (Wildman–Crippen LogP) is 2.50. The maximum atomic E-state index is 13.3. The average molecular weight is 687 g/mol. The number of ether oxygens (including phenoxy) is 6. The van der Waals surface area contributed by atoms with Crippen molar-refractivity contribution in [3.05, 3.63) is 82.4 Å². The fourth-order valence-electron chi connectivity index (χ4n) is 3.79. The van der Waals surface area contributed by atoms with Crippen molar-refractivity contribution in [1.29, 1.82) is 0 Å². The van der Waals surface area contributed by atoms with Crippen molar-refractivity contribution in [3.63, 3.8) is 0 Å². The lowest BCUT2D eigenvalue weighted by Crippen LogP contribution is -2.54. The van der Waals surface area contributed by atoms with Crippen LogP contribution in [-0.4, -0.2) is 73.2 Å². The number of carbonyl (C=O) groups excluding carboxylic acids is 6. The van der Waals surface area contributed by atoms with Gasteiger partial charge in [-0.1, -0.05) is 11.6 Å². The molecule has 0 radical (unpaired) electrons. The van der Waals surface area contributed by atoms with Gasteiger partial charge >= 0.3 is 29.8 Å². The number of aliphatic carboxylic acids is 1. The highest BCUT2D eigenvalue weighted by molar-refractivity contribution is 6.30. The Labute approximate surface area is 276 Å². The van der Waals surface area contributed by atoms with Gasteiger partial charge in [0.1, 0.15) is 0 Å². The lowest BCUT2D eigenvalue weighted by Gasteiger charge is -2.24. The monoisotopic (exact) mass is 686 g/mol. The van der Waals surface area contributed by atoms with E-state index in [0.717, 1.165) is 38.1 Å². The Bertz CT molecular complexity index is 1740. The average Bonchev–Trinajstić information content (AvgIpc) is 3.04. The van der Waals surface area contributed by atoms with Crippen molar-refractivity contribution in [1.82, 2.24) is 10.9 Å². The molecule has 0 aliphatic heterocycles. The van der Waals surface area contributed by atoms with Crippen LogP contribution in [0.3, 0.4) is 0 Å². The summed E-state index contributed by atoms with van der Waals surface area (Å²) in [6.45, 7) is 2.27. The lowest BCUT2D eigenvalue weighted by molar-refractivity contribution is -0.159. The Balaban J connectivity index is 1.94. The summed E-state index contributed by atoms with van der Waals surface area (Å²) in [5.41, 5.74) is 3.42. The van der Waals surface area contributed by atoms with Gasteiger partial charge in [0.25, 0.3) is 11.8 Å². The predicted molar refractivity (Wildman–Crippen MR) is 162 cm³/mol. The standard InChI is InChI=1S/C31H27ClN2O14/c1-15(35)45-21-11-7-18(13-23(21)43-3)30(41)47-25(28(38)34-33-27(37)17-5-9-20(32)10-6-17)26(29(39)40)48-31(42)19-8-12-22(46-16(2)36)24(14-19)44-4/h5-14,25-26H,1-4H3,(H,33,37)(H,34,38)(H,39,40)/t25-,26-/m0/s1. The van der Waals surface area contributed by atoms with E-state index < -0.39 is 53.9 Å². The fourth-order valence-corrected chi connectivity index (χ4v) is 3.92.